The number of hydrogen-bond donors (Lipinski definition) is 2. The zero-order valence-electron chi connectivity index (χ0n) is 19.2. The summed E-state index contributed by atoms with van der Waals surface area (Å²) in [6, 6.07) is 19.7. The van der Waals surface area contributed by atoms with Crippen LogP contribution in [0.1, 0.15) is 25.2 Å². The first-order valence-corrected chi connectivity index (χ1v) is 12.4. The third-order valence-electron chi connectivity index (χ3n) is 5.24. The van der Waals surface area contributed by atoms with Gasteiger partial charge in [0.25, 0.3) is 0 Å². The average Bonchev–Trinajstić information content (AvgIpc) is 3.36. The fraction of sp³-hybridized carbons (Fsp3) is 0.280. The lowest BCUT2D eigenvalue weighted by Crippen LogP contribution is -2.54. The average molecular weight is 484 g/mol. The molecule has 8 nitrogen and oxygen atoms in total. The van der Waals surface area contributed by atoms with Crippen LogP contribution >= 0.6 is 0 Å². The molecule has 0 aliphatic heterocycles. The van der Waals surface area contributed by atoms with Crippen molar-refractivity contribution in [2.24, 2.45) is 5.92 Å². The zero-order chi connectivity index (χ0) is 24.6. The maximum Gasteiger partial charge on any atom is 0.243 e. The summed E-state index contributed by atoms with van der Waals surface area (Å²) in [6.07, 6.45) is 1.52. The van der Waals surface area contributed by atoms with Gasteiger partial charge in [0.1, 0.15) is 11.8 Å². The number of carbonyl (C=O) groups is 2. The summed E-state index contributed by atoms with van der Waals surface area (Å²) in [5.74, 6) is -0.487. The van der Waals surface area contributed by atoms with Gasteiger partial charge in [0.05, 0.1) is 24.2 Å². The number of benzene rings is 2. The van der Waals surface area contributed by atoms with Gasteiger partial charge >= 0.3 is 0 Å². The van der Waals surface area contributed by atoms with Crippen LogP contribution in [0.5, 0.6) is 0 Å². The van der Waals surface area contributed by atoms with Crippen molar-refractivity contribution in [3.8, 4) is 0 Å². The molecule has 1 heterocycles. The predicted molar refractivity (Wildman–Crippen MR) is 128 cm³/mol. The number of nitrogens with zero attached hydrogens (tertiary/aromatic N) is 1. The van der Waals surface area contributed by atoms with Crippen LogP contribution in [0.15, 0.2) is 88.4 Å². The third-order valence-corrected chi connectivity index (χ3v) is 6.65. The van der Waals surface area contributed by atoms with E-state index in [0.29, 0.717) is 5.76 Å². The van der Waals surface area contributed by atoms with Gasteiger partial charge in [-0.3, -0.25) is 9.59 Å². The van der Waals surface area contributed by atoms with Gasteiger partial charge in [-0.2, -0.15) is 0 Å². The highest BCUT2D eigenvalue weighted by molar-refractivity contribution is 7.89. The van der Waals surface area contributed by atoms with E-state index >= 15 is 0 Å². The molecule has 3 rings (SSSR count). The van der Waals surface area contributed by atoms with Crippen LogP contribution in [0.2, 0.25) is 0 Å². The predicted octanol–water partition coefficient (Wildman–Crippen LogP) is 2.93. The summed E-state index contributed by atoms with van der Waals surface area (Å²) in [6.45, 7) is 3.55. The molecule has 0 aliphatic rings. The van der Waals surface area contributed by atoms with Crippen molar-refractivity contribution in [1.82, 2.24) is 14.9 Å². The molecule has 3 aromatic rings. The lowest BCUT2D eigenvalue weighted by molar-refractivity contribution is -0.142. The van der Waals surface area contributed by atoms with E-state index in [-0.39, 0.29) is 29.8 Å². The van der Waals surface area contributed by atoms with E-state index in [4.69, 9.17) is 4.42 Å². The first-order valence-electron chi connectivity index (χ1n) is 11.0. The highest BCUT2D eigenvalue weighted by Gasteiger charge is 2.33. The zero-order valence-corrected chi connectivity index (χ0v) is 20.0. The molecule has 9 heteroatoms. The number of sulfonamides is 1. The number of hydrogen-bond acceptors (Lipinski definition) is 5. The maximum absolute atomic E-state index is 13.3. The molecule has 1 aromatic heterocycles. The summed E-state index contributed by atoms with van der Waals surface area (Å²) in [7, 11) is -3.88. The molecule has 0 aliphatic carbocycles. The molecule has 1 atom stereocenters. The van der Waals surface area contributed by atoms with Crippen LogP contribution in [-0.4, -0.2) is 37.7 Å². The minimum Gasteiger partial charge on any atom is -0.467 e. The number of amides is 2. The number of nitrogens with one attached hydrogen (secondary N) is 2. The Morgan fingerprint density at radius 3 is 2.18 bits per heavy atom. The molecule has 0 radical (unpaired) electrons. The van der Waals surface area contributed by atoms with Gasteiger partial charge in [0, 0.05) is 6.54 Å². The van der Waals surface area contributed by atoms with E-state index in [1.54, 1.807) is 30.3 Å². The molecule has 2 amide bonds. The van der Waals surface area contributed by atoms with Crippen molar-refractivity contribution in [3.63, 3.8) is 0 Å². The first kappa shape index (κ1) is 25.2. The lowest BCUT2D eigenvalue weighted by Gasteiger charge is -2.33. The summed E-state index contributed by atoms with van der Waals surface area (Å²) < 4.78 is 32.9. The molecule has 0 bridgehead atoms. The molecule has 180 valence electrons. The molecule has 34 heavy (non-hydrogen) atoms. The maximum atomic E-state index is 13.3. The molecule has 0 saturated heterocycles. The van der Waals surface area contributed by atoms with Gasteiger partial charge < -0.3 is 14.6 Å². The topological polar surface area (TPSA) is 109 Å². The lowest BCUT2D eigenvalue weighted by atomic mass is 10.00. The van der Waals surface area contributed by atoms with Gasteiger partial charge in [-0.25, -0.2) is 13.1 Å². The van der Waals surface area contributed by atoms with Crippen molar-refractivity contribution in [3.05, 3.63) is 90.4 Å². The second kappa shape index (κ2) is 11.6. The Hall–Kier alpha value is -3.43. The van der Waals surface area contributed by atoms with Gasteiger partial charge in [-0.1, -0.05) is 62.4 Å². The first-order chi connectivity index (χ1) is 16.3. The SMILES string of the molecule is CC(C)[C@@H](C(=O)NCc1ccco1)N(Cc1ccccc1)C(=O)CNS(=O)(=O)c1ccccc1. The molecule has 2 N–H and O–H groups in total. The van der Waals surface area contributed by atoms with Crippen molar-refractivity contribution in [1.29, 1.82) is 0 Å². The molecular weight excluding hydrogens is 454 g/mol. The summed E-state index contributed by atoms with van der Waals surface area (Å²) in [4.78, 5) is 27.9. The normalized spacial score (nSPS) is 12.3. The van der Waals surface area contributed by atoms with Crippen molar-refractivity contribution in [2.75, 3.05) is 6.54 Å². The molecule has 0 saturated carbocycles. The van der Waals surface area contributed by atoms with E-state index in [1.165, 1.54) is 23.3 Å². The van der Waals surface area contributed by atoms with Crippen LogP contribution in [-0.2, 0) is 32.7 Å². The molecule has 0 spiro atoms. The van der Waals surface area contributed by atoms with E-state index in [2.05, 4.69) is 10.0 Å². The molecule has 0 fully saturated rings. The Morgan fingerprint density at radius 2 is 1.59 bits per heavy atom. The van der Waals surface area contributed by atoms with Crippen LogP contribution in [0, 0.1) is 5.92 Å². The molecule has 2 aromatic carbocycles. The standard InChI is InChI=1S/C25H29N3O5S/c1-19(2)24(25(30)26-16-21-12-9-15-33-21)28(18-20-10-5-3-6-11-20)23(29)17-27-34(31,32)22-13-7-4-8-14-22/h3-15,19,24,27H,16-18H2,1-2H3,(H,26,30)/t24-/m0/s1. The third kappa shape index (κ3) is 6.79. The number of furan rings is 1. The Bertz CT molecular complexity index is 1160. The van der Waals surface area contributed by atoms with Crippen LogP contribution < -0.4 is 10.0 Å². The highest BCUT2D eigenvalue weighted by atomic mass is 32.2. The molecule has 0 unspecified atom stereocenters. The van der Waals surface area contributed by atoms with Crippen molar-refractivity contribution in [2.45, 2.75) is 37.9 Å². The Labute approximate surface area is 200 Å². The second-order valence-electron chi connectivity index (χ2n) is 8.13. The Kier molecular flexibility index (Phi) is 8.61. The fourth-order valence-electron chi connectivity index (χ4n) is 3.56. The molecular formula is C25H29N3O5S. The highest BCUT2D eigenvalue weighted by Crippen LogP contribution is 2.17. The smallest absolute Gasteiger partial charge is 0.243 e. The second-order valence-corrected chi connectivity index (χ2v) is 9.90. The monoisotopic (exact) mass is 483 g/mol. The Morgan fingerprint density at radius 1 is 0.941 bits per heavy atom. The van der Waals surface area contributed by atoms with Crippen LogP contribution in [0.25, 0.3) is 0 Å². The van der Waals surface area contributed by atoms with Crippen molar-refractivity contribution >= 4 is 21.8 Å². The van der Waals surface area contributed by atoms with E-state index in [9.17, 15) is 18.0 Å². The number of rotatable bonds is 11. The summed E-state index contributed by atoms with van der Waals surface area (Å²) >= 11 is 0. The Balaban J connectivity index is 1.80. The minimum absolute atomic E-state index is 0.0639. The number of carbonyl (C=O) groups excluding carboxylic acids is 2. The largest absolute Gasteiger partial charge is 0.467 e. The van der Waals surface area contributed by atoms with Gasteiger partial charge in [0.15, 0.2) is 0 Å². The van der Waals surface area contributed by atoms with Gasteiger partial charge in [-0.05, 0) is 35.7 Å². The van der Waals surface area contributed by atoms with E-state index in [0.717, 1.165) is 5.56 Å². The van der Waals surface area contributed by atoms with Gasteiger partial charge in [0.2, 0.25) is 21.8 Å². The van der Waals surface area contributed by atoms with Crippen LogP contribution in [0.3, 0.4) is 0 Å². The van der Waals surface area contributed by atoms with Crippen molar-refractivity contribution < 1.29 is 22.4 Å². The van der Waals surface area contributed by atoms with E-state index < -0.39 is 28.5 Å². The minimum atomic E-state index is -3.88. The van der Waals surface area contributed by atoms with Crippen LogP contribution in [0.4, 0.5) is 0 Å². The summed E-state index contributed by atoms with van der Waals surface area (Å²) in [5, 5.41) is 2.82. The van der Waals surface area contributed by atoms with Gasteiger partial charge in [-0.15, -0.1) is 0 Å². The summed E-state index contributed by atoms with van der Waals surface area (Å²) in [5.41, 5.74) is 0.825. The fourth-order valence-corrected chi connectivity index (χ4v) is 4.55. The van der Waals surface area contributed by atoms with E-state index in [1.807, 2.05) is 44.2 Å². The quantitative estimate of drug-likeness (QED) is 0.436.